The van der Waals surface area contributed by atoms with Gasteiger partial charge in [0.2, 0.25) is 10.0 Å². The van der Waals surface area contributed by atoms with Gasteiger partial charge < -0.3 is 9.84 Å². The number of ether oxygens (including phenoxy) is 1. The minimum atomic E-state index is -3.60. The largest absolute Gasteiger partial charge is 0.465 e. The Balaban J connectivity index is 1.98. The highest BCUT2D eigenvalue weighted by molar-refractivity contribution is 7.89. The number of hydrogen-bond acceptors (Lipinski definition) is 5. The van der Waals surface area contributed by atoms with E-state index in [4.69, 9.17) is 0 Å². The zero-order valence-corrected chi connectivity index (χ0v) is 11.2. The van der Waals surface area contributed by atoms with Gasteiger partial charge in [0, 0.05) is 19.0 Å². The Morgan fingerprint density at radius 1 is 1.39 bits per heavy atom. The lowest BCUT2D eigenvalue weighted by Crippen LogP contribution is -2.35. The molecule has 3 unspecified atom stereocenters. The number of esters is 1. The minimum absolute atomic E-state index is 0.0296. The maximum Gasteiger partial charge on any atom is 0.322 e. The first-order valence-electron chi connectivity index (χ1n) is 6.25. The molecule has 6 nitrogen and oxygen atoms in total. The molecule has 0 aromatic heterocycles. The van der Waals surface area contributed by atoms with Gasteiger partial charge in [0.25, 0.3) is 0 Å². The third kappa shape index (κ3) is 2.67. The second kappa shape index (κ2) is 5.14. The van der Waals surface area contributed by atoms with E-state index < -0.39 is 27.8 Å². The number of aliphatic hydroxyl groups is 1. The van der Waals surface area contributed by atoms with E-state index in [-0.39, 0.29) is 18.4 Å². The van der Waals surface area contributed by atoms with Crippen LogP contribution in [0.2, 0.25) is 0 Å². The molecule has 0 aromatic rings. The number of sulfonamides is 1. The molecule has 7 heteroatoms. The molecule has 2 rings (SSSR count). The fraction of sp³-hybridized carbons (Fsp3) is 0.909. The van der Waals surface area contributed by atoms with Crippen molar-refractivity contribution in [2.24, 2.45) is 11.8 Å². The summed E-state index contributed by atoms with van der Waals surface area (Å²) in [6.45, 7) is 2.57. The van der Waals surface area contributed by atoms with Crippen LogP contribution >= 0.6 is 0 Å². The van der Waals surface area contributed by atoms with Gasteiger partial charge in [-0.15, -0.1) is 0 Å². The van der Waals surface area contributed by atoms with E-state index in [0.717, 1.165) is 12.8 Å². The summed E-state index contributed by atoms with van der Waals surface area (Å²) < 4.78 is 30.0. The van der Waals surface area contributed by atoms with Crippen LogP contribution in [0.25, 0.3) is 0 Å². The number of carbonyl (C=O) groups excluding carboxylic acids is 1. The van der Waals surface area contributed by atoms with Crippen LogP contribution < -0.4 is 0 Å². The Labute approximate surface area is 107 Å². The van der Waals surface area contributed by atoms with E-state index >= 15 is 0 Å². The molecular weight excluding hydrogens is 258 g/mol. The summed E-state index contributed by atoms with van der Waals surface area (Å²) in [4.78, 5) is 11.2. The fourth-order valence-electron chi connectivity index (χ4n) is 2.87. The molecule has 1 saturated heterocycles. The highest BCUT2D eigenvalue weighted by Crippen LogP contribution is 2.39. The van der Waals surface area contributed by atoms with Gasteiger partial charge in [-0.1, -0.05) is 0 Å². The van der Waals surface area contributed by atoms with Crippen molar-refractivity contribution in [3.8, 4) is 0 Å². The zero-order valence-electron chi connectivity index (χ0n) is 10.4. The first-order valence-corrected chi connectivity index (χ1v) is 7.86. The van der Waals surface area contributed by atoms with Crippen LogP contribution in [0, 0.1) is 11.8 Å². The lowest BCUT2D eigenvalue weighted by atomic mass is 10.00. The zero-order chi connectivity index (χ0) is 13.3. The Hall–Kier alpha value is -0.660. The van der Waals surface area contributed by atoms with Gasteiger partial charge in [-0.25, -0.2) is 12.7 Å². The van der Waals surface area contributed by atoms with E-state index in [1.54, 1.807) is 6.92 Å². The quantitative estimate of drug-likeness (QED) is 0.706. The Bertz CT molecular complexity index is 421. The van der Waals surface area contributed by atoms with Crippen molar-refractivity contribution >= 4 is 16.0 Å². The molecule has 0 amide bonds. The normalized spacial score (nSPS) is 32.4. The second-order valence-corrected chi connectivity index (χ2v) is 6.92. The predicted octanol–water partition coefficient (Wildman–Crippen LogP) is -0.418. The van der Waals surface area contributed by atoms with Crippen molar-refractivity contribution in [2.75, 3.05) is 25.4 Å². The third-order valence-electron chi connectivity index (χ3n) is 3.78. The summed E-state index contributed by atoms with van der Waals surface area (Å²) >= 11 is 0. The van der Waals surface area contributed by atoms with Crippen LogP contribution in [0.1, 0.15) is 19.8 Å². The van der Waals surface area contributed by atoms with E-state index in [0.29, 0.717) is 13.1 Å². The standard InChI is InChI=1S/C11H19NO5S/c1-2-17-11(14)7-18(15,16)12-5-8-3-4-10(13)9(8)6-12/h8-10,13H,2-7H2,1H3. The van der Waals surface area contributed by atoms with Gasteiger partial charge in [-0.3, -0.25) is 4.79 Å². The van der Waals surface area contributed by atoms with Crippen molar-refractivity contribution in [3.05, 3.63) is 0 Å². The molecule has 2 aliphatic rings. The lowest BCUT2D eigenvalue weighted by Gasteiger charge is -2.17. The number of rotatable bonds is 4. The number of carbonyl (C=O) groups is 1. The van der Waals surface area contributed by atoms with Crippen LogP contribution in [0.15, 0.2) is 0 Å². The van der Waals surface area contributed by atoms with Gasteiger partial charge in [-0.05, 0) is 25.7 Å². The first kappa shape index (κ1) is 13.8. The molecule has 18 heavy (non-hydrogen) atoms. The van der Waals surface area contributed by atoms with Crippen LogP contribution in [-0.2, 0) is 19.6 Å². The number of hydrogen-bond donors (Lipinski definition) is 1. The van der Waals surface area contributed by atoms with Crippen molar-refractivity contribution < 1.29 is 23.1 Å². The topological polar surface area (TPSA) is 83.9 Å². The van der Waals surface area contributed by atoms with Gasteiger partial charge in [0.1, 0.15) is 0 Å². The summed E-state index contributed by atoms with van der Waals surface area (Å²) in [5.74, 6) is -1.05. The summed E-state index contributed by atoms with van der Waals surface area (Å²) in [7, 11) is -3.60. The highest BCUT2D eigenvalue weighted by Gasteiger charge is 2.45. The first-order chi connectivity index (χ1) is 8.44. The van der Waals surface area contributed by atoms with Crippen LogP contribution in [0.5, 0.6) is 0 Å². The van der Waals surface area contributed by atoms with Crippen LogP contribution in [-0.4, -0.2) is 55.4 Å². The fourth-order valence-corrected chi connectivity index (χ4v) is 4.25. The van der Waals surface area contributed by atoms with Crippen LogP contribution in [0.3, 0.4) is 0 Å². The van der Waals surface area contributed by atoms with E-state index in [2.05, 4.69) is 4.74 Å². The van der Waals surface area contributed by atoms with Crippen molar-refractivity contribution in [3.63, 3.8) is 0 Å². The van der Waals surface area contributed by atoms with Crippen LogP contribution in [0.4, 0.5) is 0 Å². The number of aliphatic hydroxyl groups excluding tert-OH is 1. The molecule has 0 radical (unpaired) electrons. The summed E-state index contributed by atoms with van der Waals surface area (Å²) in [5.41, 5.74) is 0. The molecule has 1 aliphatic carbocycles. The van der Waals surface area contributed by atoms with Crippen molar-refractivity contribution in [1.29, 1.82) is 0 Å². The molecule has 0 spiro atoms. The van der Waals surface area contributed by atoms with Gasteiger partial charge >= 0.3 is 5.97 Å². The van der Waals surface area contributed by atoms with E-state index in [9.17, 15) is 18.3 Å². The SMILES string of the molecule is CCOC(=O)CS(=O)(=O)N1CC2CCC(O)C2C1. The maximum atomic E-state index is 12.0. The van der Waals surface area contributed by atoms with Crippen molar-refractivity contribution in [1.82, 2.24) is 4.31 Å². The molecule has 1 heterocycles. The molecule has 1 saturated carbocycles. The third-order valence-corrected chi connectivity index (χ3v) is 5.47. The van der Waals surface area contributed by atoms with Crippen molar-refractivity contribution in [2.45, 2.75) is 25.9 Å². The summed E-state index contributed by atoms with van der Waals surface area (Å²) in [6.07, 6.45) is 1.20. The minimum Gasteiger partial charge on any atom is -0.465 e. The molecular formula is C11H19NO5S. The predicted molar refractivity (Wildman–Crippen MR) is 64.2 cm³/mol. The molecule has 1 N–H and O–H groups in total. The molecule has 2 fully saturated rings. The molecule has 0 bridgehead atoms. The number of fused-ring (bicyclic) bond motifs is 1. The van der Waals surface area contributed by atoms with Gasteiger partial charge in [-0.2, -0.15) is 0 Å². The summed E-state index contributed by atoms with van der Waals surface area (Å²) in [5, 5.41) is 9.74. The highest BCUT2D eigenvalue weighted by atomic mass is 32.2. The average Bonchev–Trinajstić information content (AvgIpc) is 2.81. The second-order valence-electron chi connectivity index (χ2n) is 4.95. The monoisotopic (exact) mass is 277 g/mol. The summed E-state index contributed by atoms with van der Waals surface area (Å²) in [6, 6.07) is 0. The number of nitrogens with zero attached hydrogens (tertiary/aromatic N) is 1. The molecule has 0 aromatic carbocycles. The van der Waals surface area contributed by atoms with Gasteiger partial charge in [0.05, 0.1) is 12.7 Å². The Kier molecular flexibility index (Phi) is 3.93. The maximum absolute atomic E-state index is 12.0. The van der Waals surface area contributed by atoms with Gasteiger partial charge in [0.15, 0.2) is 5.75 Å². The van der Waals surface area contributed by atoms with E-state index in [1.165, 1.54) is 4.31 Å². The lowest BCUT2D eigenvalue weighted by molar-refractivity contribution is -0.140. The molecule has 1 aliphatic heterocycles. The molecule has 3 atom stereocenters. The smallest absolute Gasteiger partial charge is 0.322 e. The Morgan fingerprint density at radius 2 is 2.11 bits per heavy atom. The Morgan fingerprint density at radius 3 is 2.72 bits per heavy atom. The molecule has 104 valence electrons. The van der Waals surface area contributed by atoms with E-state index in [1.807, 2.05) is 0 Å². The average molecular weight is 277 g/mol.